The van der Waals surface area contributed by atoms with Crippen LogP contribution < -0.4 is 14.4 Å². The van der Waals surface area contributed by atoms with Crippen LogP contribution in [0.4, 0.5) is 19.0 Å². The Kier molecular flexibility index (Phi) is 5.88. The van der Waals surface area contributed by atoms with Crippen molar-refractivity contribution in [3.05, 3.63) is 30.1 Å². The minimum absolute atomic E-state index is 0.244. The van der Waals surface area contributed by atoms with Crippen LogP contribution in [0.3, 0.4) is 0 Å². The molecule has 1 aromatic carbocycles. The topological polar surface area (TPSA) is 84.8 Å². The second-order valence-corrected chi connectivity index (χ2v) is 7.61. The zero-order valence-electron chi connectivity index (χ0n) is 16.7. The molecule has 166 valence electrons. The molecule has 2 aliphatic heterocycles. The molecule has 1 N–H and O–H groups in total. The maximum atomic E-state index is 12.7. The fourth-order valence-electron chi connectivity index (χ4n) is 3.76. The largest absolute Gasteiger partial charge is 0.486 e. The summed E-state index contributed by atoms with van der Waals surface area (Å²) in [4.78, 5) is 22.1. The van der Waals surface area contributed by atoms with E-state index in [1.807, 2.05) is 4.90 Å². The molecule has 1 aromatic heterocycles. The summed E-state index contributed by atoms with van der Waals surface area (Å²) in [5, 5.41) is 9.25. The van der Waals surface area contributed by atoms with Gasteiger partial charge in [-0.3, -0.25) is 9.78 Å². The summed E-state index contributed by atoms with van der Waals surface area (Å²) in [7, 11) is 0. The van der Waals surface area contributed by atoms with Gasteiger partial charge in [-0.05, 0) is 37.5 Å². The number of benzene rings is 1. The number of carboxylic acids is 1. The van der Waals surface area contributed by atoms with Gasteiger partial charge in [0.05, 0.1) is 11.6 Å². The van der Waals surface area contributed by atoms with Gasteiger partial charge >= 0.3 is 12.1 Å². The number of hydrogen-bond acceptors (Lipinski definition) is 6. The number of alkyl halides is 3. The third kappa shape index (κ3) is 5.00. The quantitative estimate of drug-likeness (QED) is 0.763. The maximum absolute atomic E-state index is 12.7. The molecular formula is C21H22F3N3O4. The lowest BCUT2D eigenvalue weighted by Gasteiger charge is -2.32. The van der Waals surface area contributed by atoms with Gasteiger partial charge in [0.1, 0.15) is 18.9 Å². The standard InChI is InChI=1S/C21H22F3N3O4/c22-21(23,24)6-3-15-12-25-18(14-1-2-16-17(11-14)31-10-9-30-16)19(26-15)27-7-4-13(5-8-27)20(28)29/h1-2,11-13H,3-10H2,(H,28,29). The van der Waals surface area contributed by atoms with Crippen LogP contribution in [-0.2, 0) is 11.2 Å². The van der Waals surface area contributed by atoms with Gasteiger partial charge in [-0.25, -0.2) is 4.98 Å². The molecule has 3 heterocycles. The number of nitrogens with zero attached hydrogens (tertiary/aromatic N) is 3. The van der Waals surface area contributed by atoms with Crippen LogP contribution in [0.15, 0.2) is 24.4 Å². The Morgan fingerprint density at radius 2 is 1.87 bits per heavy atom. The van der Waals surface area contributed by atoms with Crippen molar-refractivity contribution in [3.8, 4) is 22.8 Å². The summed E-state index contributed by atoms with van der Waals surface area (Å²) in [6, 6.07) is 5.35. The van der Waals surface area contributed by atoms with Crippen molar-refractivity contribution >= 4 is 11.8 Å². The highest BCUT2D eigenvalue weighted by Crippen LogP contribution is 2.37. The van der Waals surface area contributed by atoms with Crippen molar-refractivity contribution in [3.63, 3.8) is 0 Å². The van der Waals surface area contributed by atoms with Crippen LogP contribution in [0.5, 0.6) is 11.5 Å². The van der Waals surface area contributed by atoms with Crippen molar-refractivity contribution in [2.24, 2.45) is 5.92 Å². The maximum Gasteiger partial charge on any atom is 0.389 e. The average molecular weight is 437 g/mol. The van der Waals surface area contributed by atoms with Gasteiger partial charge in [-0.1, -0.05) is 0 Å². The molecule has 0 unspecified atom stereocenters. The fraction of sp³-hybridized carbons (Fsp3) is 0.476. The summed E-state index contributed by atoms with van der Waals surface area (Å²) < 4.78 is 49.2. The fourth-order valence-corrected chi connectivity index (χ4v) is 3.76. The van der Waals surface area contributed by atoms with E-state index in [2.05, 4.69) is 9.97 Å². The number of carbonyl (C=O) groups is 1. The number of aromatic nitrogens is 2. The van der Waals surface area contributed by atoms with Crippen molar-refractivity contribution < 1.29 is 32.5 Å². The van der Waals surface area contributed by atoms with E-state index in [0.29, 0.717) is 67.7 Å². The highest BCUT2D eigenvalue weighted by Gasteiger charge is 2.29. The Morgan fingerprint density at radius 3 is 2.55 bits per heavy atom. The Bertz CT molecular complexity index is 959. The van der Waals surface area contributed by atoms with Gasteiger partial charge in [-0.2, -0.15) is 13.2 Å². The second kappa shape index (κ2) is 8.60. The van der Waals surface area contributed by atoms with E-state index in [1.54, 1.807) is 18.2 Å². The third-order valence-electron chi connectivity index (χ3n) is 5.43. The molecule has 0 spiro atoms. The zero-order chi connectivity index (χ0) is 22.0. The number of aliphatic carboxylic acids is 1. The van der Waals surface area contributed by atoms with Crippen molar-refractivity contribution in [1.29, 1.82) is 0 Å². The number of halogens is 3. The molecular weight excluding hydrogens is 415 g/mol. The van der Waals surface area contributed by atoms with Gasteiger partial charge in [0, 0.05) is 31.3 Å². The number of piperidine rings is 1. The van der Waals surface area contributed by atoms with E-state index in [1.165, 1.54) is 6.20 Å². The second-order valence-electron chi connectivity index (χ2n) is 7.61. The molecule has 0 bridgehead atoms. The molecule has 31 heavy (non-hydrogen) atoms. The SMILES string of the molecule is O=C(O)C1CCN(c2nc(CCC(F)(F)F)cnc2-c2ccc3c(c2)OCCO3)CC1. The number of hydrogen-bond donors (Lipinski definition) is 1. The predicted molar refractivity (Wildman–Crippen MR) is 105 cm³/mol. The molecule has 10 heteroatoms. The van der Waals surface area contributed by atoms with Crippen molar-refractivity contribution in [2.75, 3.05) is 31.2 Å². The molecule has 0 saturated carbocycles. The normalized spacial score (nSPS) is 16.9. The van der Waals surface area contributed by atoms with Gasteiger partial charge < -0.3 is 19.5 Å². The van der Waals surface area contributed by atoms with Gasteiger partial charge in [0.15, 0.2) is 17.3 Å². The van der Waals surface area contributed by atoms with Gasteiger partial charge in [0.25, 0.3) is 0 Å². The number of anilines is 1. The molecule has 4 rings (SSSR count). The lowest BCUT2D eigenvalue weighted by atomic mass is 9.97. The van der Waals surface area contributed by atoms with E-state index in [-0.39, 0.29) is 12.1 Å². The van der Waals surface area contributed by atoms with Gasteiger partial charge in [-0.15, -0.1) is 0 Å². The lowest BCUT2D eigenvalue weighted by Crippen LogP contribution is -2.37. The Hall–Kier alpha value is -3.04. The predicted octanol–water partition coefficient (Wildman–Crippen LogP) is 3.71. The number of fused-ring (bicyclic) bond motifs is 1. The first-order valence-electron chi connectivity index (χ1n) is 10.1. The lowest BCUT2D eigenvalue weighted by molar-refractivity contribution is -0.142. The van der Waals surface area contributed by atoms with E-state index < -0.39 is 24.5 Å². The highest BCUT2D eigenvalue weighted by atomic mass is 19.4. The summed E-state index contributed by atoms with van der Waals surface area (Å²) >= 11 is 0. The zero-order valence-corrected chi connectivity index (χ0v) is 16.7. The smallest absolute Gasteiger partial charge is 0.389 e. The molecule has 1 saturated heterocycles. The van der Waals surface area contributed by atoms with Crippen LogP contribution in [0.1, 0.15) is 25.0 Å². The van der Waals surface area contributed by atoms with Crippen molar-refractivity contribution in [1.82, 2.24) is 9.97 Å². The van der Waals surface area contributed by atoms with E-state index in [0.717, 1.165) is 0 Å². The number of aryl methyl sites for hydroxylation is 1. The van der Waals surface area contributed by atoms with E-state index in [9.17, 15) is 23.1 Å². The Balaban J connectivity index is 1.66. The van der Waals surface area contributed by atoms with E-state index >= 15 is 0 Å². The monoisotopic (exact) mass is 437 g/mol. The summed E-state index contributed by atoms with van der Waals surface area (Å²) in [6.07, 6.45) is -3.29. The molecule has 0 aliphatic carbocycles. The Labute approximate surface area is 176 Å². The number of carboxylic acid groups (broad SMARTS) is 1. The van der Waals surface area contributed by atoms with Crippen LogP contribution in [-0.4, -0.2) is 53.5 Å². The summed E-state index contributed by atoms with van der Waals surface area (Å²) in [5.41, 5.74) is 1.46. The molecule has 1 fully saturated rings. The molecule has 2 aliphatic rings. The summed E-state index contributed by atoms with van der Waals surface area (Å²) in [6.45, 7) is 1.76. The van der Waals surface area contributed by atoms with Crippen LogP contribution in [0, 0.1) is 5.92 Å². The average Bonchev–Trinajstić information content (AvgIpc) is 2.77. The molecule has 2 aromatic rings. The van der Waals surface area contributed by atoms with E-state index in [4.69, 9.17) is 9.47 Å². The first-order valence-corrected chi connectivity index (χ1v) is 10.1. The third-order valence-corrected chi connectivity index (χ3v) is 5.43. The first kappa shape index (κ1) is 21.2. The number of ether oxygens (including phenoxy) is 2. The molecule has 7 nitrogen and oxygen atoms in total. The summed E-state index contributed by atoms with van der Waals surface area (Å²) in [5.74, 6) is 0.378. The van der Waals surface area contributed by atoms with Crippen molar-refractivity contribution in [2.45, 2.75) is 31.9 Å². The molecule has 0 radical (unpaired) electrons. The molecule has 0 amide bonds. The van der Waals surface area contributed by atoms with Gasteiger partial charge in [0.2, 0.25) is 0 Å². The molecule has 0 atom stereocenters. The van der Waals surface area contributed by atoms with Crippen LogP contribution in [0.2, 0.25) is 0 Å². The minimum Gasteiger partial charge on any atom is -0.486 e. The number of rotatable bonds is 5. The highest BCUT2D eigenvalue weighted by molar-refractivity contribution is 5.75. The first-order chi connectivity index (χ1) is 14.8. The minimum atomic E-state index is -4.28. The van der Waals surface area contributed by atoms with Crippen LogP contribution in [0.25, 0.3) is 11.3 Å². The Morgan fingerprint density at radius 1 is 1.16 bits per heavy atom. The van der Waals surface area contributed by atoms with Crippen LogP contribution >= 0.6 is 0 Å².